The number of carbonyl (C=O) groups is 1. The molecule has 2 N–H and O–H groups in total. The summed E-state index contributed by atoms with van der Waals surface area (Å²) in [4.78, 5) is 10.6. The van der Waals surface area contributed by atoms with Crippen LogP contribution in [0.5, 0.6) is 0 Å². The van der Waals surface area contributed by atoms with Crippen molar-refractivity contribution in [3.05, 3.63) is 28.0 Å². The lowest BCUT2D eigenvalue weighted by atomic mass is 10.1. The first-order chi connectivity index (χ1) is 8.49. The number of benzene rings is 1. The lowest BCUT2D eigenvalue weighted by Crippen LogP contribution is -2.22. The van der Waals surface area contributed by atoms with Crippen LogP contribution in [-0.4, -0.2) is 17.1 Å². The number of aliphatic carboxylic acids is 1. The molecule has 0 amide bonds. The van der Waals surface area contributed by atoms with Gasteiger partial charge in [-0.15, -0.1) is 0 Å². The lowest BCUT2D eigenvalue weighted by Gasteiger charge is -2.17. The minimum absolute atomic E-state index is 0.0835. The molecule has 0 bridgehead atoms. The molecule has 0 radical (unpaired) electrons. The number of hydrogen-bond acceptors (Lipinski definition) is 3. The molecule has 0 heterocycles. The first-order valence-electron chi connectivity index (χ1n) is 5.36. The van der Waals surface area contributed by atoms with E-state index in [9.17, 15) is 9.18 Å². The third-order valence-corrected chi connectivity index (χ3v) is 3.25. The van der Waals surface area contributed by atoms with E-state index in [1.807, 2.05) is 13.0 Å². The van der Waals surface area contributed by atoms with Gasteiger partial charge in [0.1, 0.15) is 6.07 Å². The summed E-state index contributed by atoms with van der Waals surface area (Å²) in [6.07, 6.45) is 0.469. The summed E-state index contributed by atoms with van der Waals surface area (Å²) in [7, 11) is 0. The topological polar surface area (TPSA) is 73.1 Å². The Bertz CT molecular complexity index is 500. The van der Waals surface area contributed by atoms with Crippen LogP contribution in [0.25, 0.3) is 0 Å². The van der Waals surface area contributed by atoms with E-state index in [0.29, 0.717) is 6.42 Å². The highest BCUT2D eigenvalue weighted by atomic mass is 79.9. The average Bonchev–Trinajstić information content (AvgIpc) is 2.33. The van der Waals surface area contributed by atoms with Crippen LogP contribution in [0.2, 0.25) is 0 Å². The Morgan fingerprint density at radius 2 is 2.33 bits per heavy atom. The molecule has 96 valence electrons. The zero-order valence-corrected chi connectivity index (χ0v) is 11.3. The Morgan fingerprint density at radius 1 is 1.67 bits per heavy atom. The number of hydrogen-bond donors (Lipinski definition) is 2. The van der Waals surface area contributed by atoms with Gasteiger partial charge in [-0.3, -0.25) is 4.79 Å². The maximum Gasteiger partial charge on any atom is 0.305 e. The summed E-state index contributed by atoms with van der Waals surface area (Å²) in [5.41, 5.74) is 0.387. The fourth-order valence-corrected chi connectivity index (χ4v) is 1.91. The molecule has 0 aliphatic carbocycles. The van der Waals surface area contributed by atoms with E-state index >= 15 is 0 Å². The van der Waals surface area contributed by atoms with Crippen LogP contribution in [0.3, 0.4) is 0 Å². The Morgan fingerprint density at radius 3 is 2.83 bits per heavy atom. The number of nitriles is 1. The molecular formula is C12H12BrFN2O2. The minimum atomic E-state index is -0.942. The molecule has 0 aliphatic rings. The van der Waals surface area contributed by atoms with Gasteiger partial charge in [-0.1, -0.05) is 6.92 Å². The van der Waals surface area contributed by atoms with Crippen molar-refractivity contribution < 1.29 is 14.3 Å². The number of nitrogens with one attached hydrogen (secondary N) is 1. The molecule has 1 unspecified atom stereocenters. The zero-order chi connectivity index (χ0) is 13.7. The Kier molecular flexibility index (Phi) is 5.10. The lowest BCUT2D eigenvalue weighted by molar-refractivity contribution is -0.137. The number of carboxylic acid groups (broad SMARTS) is 1. The molecule has 0 aliphatic heterocycles. The van der Waals surface area contributed by atoms with Crippen molar-refractivity contribution in [2.45, 2.75) is 25.8 Å². The third kappa shape index (κ3) is 3.44. The van der Waals surface area contributed by atoms with Crippen LogP contribution in [0.15, 0.2) is 16.6 Å². The zero-order valence-electron chi connectivity index (χ0n) is 9.70. The number of halogens is 2. The second kappa shape index (κ2) is 6.36. The van der Waals surface area contributed by atoms with Gasteiger partial charge in [-0.05, 0) is 34.5 Å². The number of rotatable bonds is 5. The predicted octanol–water partition coefficient (Wildman–Crippen LogP) is 3.13. The second-order valence-electron chi connectivity index (χ2n) is 3.75. The summed E-state index contributed by atoms with van der Waals surface area (Å²) in [6.45, 7) is 1.82. The Labute approximate surface area is 113 Å². The molecule has 18 heavy (non-hydrogen) atoms. The number of carboxylic acids is 1. The van der Waals surface area contributed by atoms with Crippen LogP contribution in [0.4, 0.5) is 10.1 Å². The highest BCUT2D eigenvalue weighted by molar-refractivity contribution is 9.10. The van der Waals surface area contributed by atoms with E-state index in [1.54, 1.807) is 0 Å². The van der Waals surface area contributed by atoms with Crippen molar-refractivity contribution in [1.29, 1.82) is 5.26 Å². The highest BCUT2D eigenvalue weighted by Gasteiger charge is 2.16. The summed E-state index contributed by atoms with van der Waals surface area (Å²) in [5, 5.41) is 20.3. The Hall–Kier alpha value is -1.61. The van der Waals surface area contributed by atoms with Gasteiger partial charge in [0.25, 0.3) is 0 Å². The van der Waals surface area contributed by atoms with Crippen molar-refractivity contribution >= 4 is 27.6 Å². The quantitative estimate of drug-likeness (QED) is 0.875. The van der Waals surface area contributed by atoms with Gasteiger partial charge in [-0.25, -0.2) is 4.39 Å². The van der Waals surface area contributed by atoms with Crippen molar-refractivity contribution in [1.82, 2.24) is 0 Å². The second-order valence-corrected chi connectivity index (χ2v) is 4.54. The third-order valence-electron chi connectivity index (χ3n) is 2.48. The molecule has 0 spiro atoms. The molecule has 1 rings (SSSR count). The average molecular weight is 315 g/mol. The largest absolute Gasteiger partial charge is 0.481 e. The number of anilines is 1. The van der Waals surface area contributed by atoms with E-state index < -0.39 is 11.8 Å². The highest BCUT2D eigenvalue weighted by Crippen LogP contribution is 2.27. The molecule has 6 heteroatoms. The van der Waals surface area contributed by atoms with Crippen LogP contribution < -0.4 is 5.32 Å². The van der Waals surface area contributed by atoms with Gasteiger partial charge in [0.2, 0.25) is 0 Å². The maximum absolute atomic E-state index is 13.9. The Balaban J connectivity index is 2.94. The van der Waals surface area contributed by atoms with Crippen molar-refractivity contribution in [3.8, 4) is 6.07 Å². The summed E-state index contributed by atoms with van der Waals surface area (Å²) in [5.74, 6) is -1.53. The fourth-order valence-electron chi connectivity index (χ4n) is 1.48. The smallest absolute Gasteiger partial charge is 0.305 e. The molecule has 1 atom stereocenters. The van der Waals surface area contributed by atoms with Gasteiger partial charge in [0, 0.05) is 6.04 Å². The maximum atomic E-state index is 13.9. The van der Waals surface area contributed by atoms with Gasteiger partial charge >= 0.3 is 5.97 Å². The summed E-state index contributed by atoms with van der Waals surface area (Å²) < 4.78 is 14.0. The first-order valence-corrected chi connectivity index (χ1v) is 6.15. The SMILES string of the molecule is CCC(CC(=O)O)Nc1ccc(C#N)c(Br)c1F. The molecule has 4 nitrogen and oxygen atoms in total. The van der Waals surface area contributed by atoms with Gasteiger partial charge in [0.15, 0.2) is 5.82 Å². The van der Waals surface area contributed by atoms with Crippen molar-refractivity contribution in [3.63, 3.8) is 0 Å². The van der Waals surface area contributed by atoms with E-state index in [2.05, 4.69) is 21.2 Å². The molecule has 0 fully saturated rings. The van der Waals surface area contributed by atoms with Crippen LogP contribution >= 0.6 is 15.9 Å². The fraction of sp³-hybridized carbons (Fsp3) is 0.333. The molecule has 0 saturated carbocycles. The summed E-state index contributed by atoms with van der Waals surface area (Å²) in [6, 6.07) is 4.41. The van der Waals surface area contributed by atoms with Gasteiger partial charge in [-0.2, -0.15) is 5.26 Å². The normalized spacial score (nSPS) is 11.7. The molecule has 0 aromatic heterocycles. The van der Waals surface area contributed by atoms with Crippen molar-refractivity contribution in [2.75, 3.05) is 5.32 Å². The summed E-state index contributed by atoms with van der Waals surface area (Å²) >= 11 is 3.00. The van der Waals surface area contributed by atoms with Crippen LogP contribution in [0.1, 0.15) is 25.3 Å². The molecule has 1 aromatic carbocycles. The molecule has 0 saturated heterocycles. The van der Waals surface area contributed by atoms with Gasteiger partial charge in [0.05, 0.1) is 22.1 Å². The van der Waals surface area contributed by atoms with E-state index in [4.69, 9.17) is 10.4 Å². The van der Waals surface area contributed by atoms with Crippen LogP contribution in [-0.2, 0) is 4.79 Å². The van der Waals surface area contributed by atoms with E-state index in [1.165, 1.54) is 12.1 Å². The first kappa shape index (κ1) is 14.5. The molecular weight excluding hydrogens is 303 g/mol. The van der Waals surface area contributed by atoms with Gasteiger partial charge < -0.3 is 10.4 Å². The van der Waals surface area contributed by atoms with E-state index in [-0.39, 0.29) is 28.2 Å². The minimum Gasteiger partial charge on any atom is -0.481 e. The van der Waals surface area contributed by atoms with Crippen molar-refractivity contribution in [2.24, 2.45) is 0 Å². The van der Waals surface area contributed by atoms with Crippen LogP contribution in [0, 0.1) is 17.1 Å². The monoisotopic (exact) mass is 314 g/mol. The number of nitrogens with zero attached hydrogens (tertiary/aromatic N) is 1. The molecule has 1 aromatic rings. The standard InChI is InChI=1S/C12H12BrFN2O2/c1-2-8(5-10(17)18)16-9-4-3-7(6-15)11(13)12(9)14/h3-4,8,16H,2,5H2,1H3,(H,17,18). The predicted molar refractivity (Wildman–Crippen MR) is 68.8 cm³/mol. The van der Waals surface area contributed by atoms with E-state index in [0.717, 1.165) is 0 Å².